The molecule has 1 aliphatic heterocycles. The number of nitrogens with one attached hydrogen (secondary N) is 1. The first-order valence-electron chi connectivity index (χ1n) is 6.40. The lowest BCUT2D eigenvalue weighted by Crippen LogP contribution is -2.30. The molecule has 0 aromatic heterocycles. The third-order valence-corrected chi connectivity index (χ3v) is 3.16. The van der Waals surface area contributed by atoms with E-state index in [2.05, 4.69) is 5.32 Å². The Kier molecular flexibility index (Phi) is 4.04. The standard InChI is InChI=1S/C14H18N2O3/c1-3-5-12-13(17)16(14(18)15-12)9-10-6-4-7-11(8-10)19-2/h4,6-8,12H,3,5,9H2,1-2H3,(H,15,18). The molecule has 1 atom stereocenters. The van der Waals surface area contributed by atoms with Crippen LogP contribution in [0.5, 0.6) is 5.75 Å². The molecule has 3 amide bonds. The fraction of sp³-hybridized carbons (Fsp3) is 0.429. The Hall–Kier alpha value is -2.04. The first kappa shape index (κ1) is 13.4. The summed E-state index contributed by atoms with van der Waals surface area (Å²) in [5.41, 5.74) is 0.875. The molecule has 1 N–H and O–H groups in total. The number of imide groups is 1. The van der Waals surface area contributed by atoms with Gasteiger partial charge in [-0.15, -0.1) is 0 Å². The molecule has 19 heavy (non-hydrogen) atoms. The maximum Gasteiger partial charge on any atom is 0.325 e. The van der Waals surface area contributed by atoms with E-state index < -0.39 is 0 Å². The van der Waals surface area contributed by atoms with Crippen LogP contribution >= 0.6 is 0 Å². The molecule has 2 rings (SSSR count). The van der Waals surface area contributed by atoms with Crippen LogP contribution in [0.4, 0.5) is 4.79 Å². The molecule has 5 heteroatoms. The molecular weight excluding hydrogens is 244 g/mol. The van der Waals surface area contributed by atoms with Gasteiger partial charge < -0.3 is 10.1 Å². The Morgan fingerprint density at radius 1 is 1.37 bits per heavy atom. The van der Waals surface area contributed by atoms with Gasteiger partial charge in [-0.2, -0.15) is 0 Å². The Labute approximate surface area is 112 Å². The molecule has 0 spiro atoms. The maximum absolute atomic E-state index is 12.1. The molecule has 1 fully saturated rings. The predicted octanol–water partition coefficient (Wildman–Crippen LogP) is 1.92. The summed E-state index contributed by atoms with van der Waals surface area (Å²) < 4.78 is 5.13. The molecule has 5 nitrogen and oxygen atoms in total. The van der Waals surface area contributed by atoms with Crippen molar-refractivity contribution in [2.45, 2.75) is 32.4 Å². The molecule has 0 radical (unpaired) electrons. The minimum absolute atomic E-state index is 0.144. The van der Waals surface area contributed by atoms with Gasteiger partial charge in [0.15, 0.2) is 0 Å². The van der Waals surface area contributed by atoms with Crippen molar-refractivity contribution in [3.63, 3.8) is 0 Å². The van der Waals surface area contributed by atoms with E-state index in [9.17, 15) is 9.59 Å². The fourth-order valence-corrected chi connectivity index (χ4v) is 2.16. The zero-order chi connectivity index (χ0) is 13.8. The molecule has 102 valence electrons. The van der Waals surface area contributed by atoms with E-state index in [4.69, 9.17) is 4.74 Å². The first-order valence-corrected chi connectivity index (χ1v) is 6.40. The SMILES string of the molecule is CCCC1NC(=O)N(Cc2cccc(OC)c2)C1=O. The number of urea groups is 1. The fourth-order valence-electron chi connectivity index (χ4n) is 2.16. The number of hydrogen-bond acceptors (Lipinski definition) is 3. The third kappa shape index (κ3) is 2.86. The molecule has 0 bridgehead atoms. The Bertz CT molecular complexity index is 487. The summed E-state index contributed by atoms with van der Waals surface area (Å²) >= 11 is 0. The zero-order valence-electron chi connectivity index (χ0n) is 11.2. The van der Waals surface area contributed by atoms with Gasteiger partial charge in [0.25, 0.3) is 5.91 Å². The molecule has 1 saturated heterocycles. The lowest BCUT2D eigenvalue weighted by Gasteiger charge is -2.13. The number of nitrogens with zero attached hydrogens (tertiary/aromatic N) is 1. The molecule has 1 aromatic carbocycles. The lowest BCUT2D eigenvalue weighted by molar-refractivity contribution is -0.128. The Morgan fingerprint density at radius 3 is 2.84 bits per heavy atom. The van der Waals surface area contributed by atoms with Crippen molar-refractivity contribution in [1.29, 1.82) is 0 Å². The van der Waals surface area contributed by atoms with Gasteiger partial charge in [0.1, 0.15) is 11.8 Å². The molecule has 0 aliphatic carbocycles. The average Bonchev–Trinajstić information content (AvgIpc) is 2.67. The topological polar surface area (TPSA) is 58.6 Å². The summed E-state index contributed by atoms with van der Waals surface area (Å²) in [6, 6.07) is 6.68. The van der Waals surface area contributed by atoms with Gasteiger partial charge in [-0.25, -0.2) is 4.79 Å². The molecular formula is C14H18N2O3. The number of ether oxygens (including phenoxy) is 1. The van der Waals surface area contributed by atoms with Crippen molar-refractivity contribution in [3.8, 4) is 5.75 Å². The highest BCUT2D eigenvalue weighted by Crippen LogP contribution is 2.18. The minimum atomic E-state index is -0.372. The second-order valence-electron chi connectivity index (χ2n) is 4.57. The van der Waals surface area contributed by atoms with E-state index >= 15 is 0 Å². The van der Waals surface area contributed by atoms with Crippen LogP contribution in [0.1, 0.15) is 25.3 Å². The van der Waals surface area contributed by atoms with Crippen LogP contribution < -0.4 is 10.1 Å². The van der Waals surface area contributed by atoms with Crippen molar-refractivity contribution in [2.75, 3.05) is 7.11 Å². The molecule has 1 heterocycles. The highest BCUT2D eigenvalue weighted by Gasteiger charge is 2.36. The van der Waals surface area contributed by atoms with Crippen molar-refractivity contribution < 1.29 is 14.3 Å². The first-order chi connectivity index (χ1) is 9.15. The van der Waals surface area contributed by atoms with Crippen LogP contribution in [0.15, 0.2) is 24.3 Å². The number of benzene rings is 1. The number of hydrogen-bond donors (Lipinski definition) is 1. The monoisotopic (exact) mass is 262 g/mol. The van der Waals surface area contributed by atoms with Crippen LogP contribution in [-0.4, -0.2) is 30.0 Å². The second kappa shape index (κ2) is 5.73. The largest absolute Gasteiger partial charge is 0.497 e. The van der Waals surface area contributed by atoms with E-state index in [-0.39, 0.29) is 24.5 Å². The van der Waals surface area contributed by atoms with Crippen molar-refractivity contribution in [1.82, 2.24) is 10.2 Å². The van der Waals surface area contributed by atoms with Crippen LogP contribution in [-0.2, 0) is 11.3 Å². The lowest BCUT2D eigenvalue weighted by atomic mass is 10.1. The van der Waals surface area contributed by atoms with Gasteiger partial charge in [-0.1, -0.05) is 25.5 Å². The summed E-state index contributed by atoms with van der Waals surface area (Å²) in [6.07, 6.45) is 1.54. The van der Waals surface area contributed by atoms with E-state index in [1.807, 2.05) is 31.2 Å². The number of carbonyl (C=O) groups excluding carboxylic acids is 2. The number of rotatable bonds is 5. The van der Waals surface area contributed by atoms with Gasteiger partial charge >= 0.3 is 6.03 Å². The van der Waals surface area contributed by atoms with Gasteiger partial charge in [0.05, 0.1) is 13.7 Å². The normalized spacial score (nSPS) is 18.6. The molecule has 0 saturated carbocycles. The van der Waals surface area contributed by atoms with E-state index in [1.54, 1.807) is 7.11 Å². The van der Waals surface area contributed by atoms with E-state index in [1.165, 1.54) is 4.90 Å². The third-order valence-electron chi connectivity index (χ3n) is 3.16. The number of carbonyl (C=O) groups is 2. The summed E-state index contributed by atoms with van der Waals surface area (Å²) in [5.74, 6) is 0.573. The number of methoxy groups -OCH3 is 1. The average molecular weight is 262 g/mol. The second-order valence-corrected chi connectivity index (χ2v) is 4.57. The molecule has 1 aliphatic rings. The highest BCUT2D eigenvalue weighted by molar-refractivity contribution is 6.04. The van der Waals surface area contributed by atoms with Crippen LogP contribution in [0.2, 0.25) is 0 Å². The summed E-state index contributed by atoms with van der Waals surface area (Å²) in [5, 5.41) is 2.71. The van der Waals surface area contributed by atoms with Gasteiger partial charge in [-0.3, -0.25) is 9.69 Å². The van der Waals surface area contributed by atoms with Gasteiger partial charge in [0.2, 0.25) is 0 Å². The number of amides is 3. The predicted molar refractivity (Wildman–Crippen MR) is 70.8 cm³/mol. The Balaban J connectivity index is 2.10. The zero-order valence-corrected chi connectivity index (χ0v) is 11.2. The van der Waals surface area contributed by atoms with E-state index in [0.29, 0.717) is 6.42 Å². The van der Waals surface area contributed by atoms with Crippen molar-refractivity contribution >= 4 is 11.9 Å². The highest BCUT2D eigenvalue weighted by atomic mass is 16.5. The quantitative estimate of drug-likeness (QED) is 0.825. The van der Waals surface area contributed by atoms with Crippen molar-refractivity contribution in [2.24, 2.45) is 0 Å². The summed E-state index contributed by atoms with van der Waals surface area (Å²) in [6.45, 7) is 2.27. The van der Waals surface area contributed by atoms with E-state index in [0.717, 1.165) is 17.7 Å². The smallest absolute Gasteiger partial charge is 0.325 e. The van der Waals surface area contributed by atoms with Gasteiger partial charge in [-0.05, 0) is 24.1 Å². The maximum atomic E-state index is 12.1. The minimum Gasteiger partial charge on any atom is -0.497 e. The van der Waals surface area contributed by atoms with Crippen LogP contribution in [0.3, 0.4) is 0 Å². The Morgan fingerprint density at radius 2 is 2.16 bits per heavy atom. The van der Waals surface area contributed by atoms with Crippen LogP contribution in [0.25, 0.3) is 0 Å². The van der Waals surface area contributed by atoms with Gasteiger partial charge in [0, 0.05) is 0 Å². The van der Waals surface area contributed by atoms with Crippen molar-refractivity contribution in [3.05, 3.63) is 29.8 Å². The van der Waals surface area contributed by atoms with Crippen LogP contribution in [0, 0.1) is 0 Å². The summed E-state index contributed by atoms with van der Waals surface area (Å²) in [4.78, 5) is 25.1. The summed E-state index contributed by atoms with van der Waals surface area (Å²) in [7, 11) is 1.59. The molecule has 1 unspecified atom stereocenters. The molecule has 1 aromatic rings.